The van der Waals surface area contributed by atoms with Gasteiger partial charge in [-0.1, -0.05) is 140 Å². The summed E-state index contributed by atoms with van der Waals surface area (Å²) in [6, 6.07) is 64.0. The lowest BCUT2D eigenvalue weighted by molar-refractivity contribution is 0.669. The third-order valence-electron chi connectivity index (χ3n) is 11.2. The first kappa shape index (κ1) is 30.8. The minimum Gasteiger partial charge on any atom is -0.456 e. The van der Waals surface area contributed by atoms with Crippen LogP contribution in [-0.4, -0.2) is 19.5 Å². The van der Waals surface area contributed by atoms with Crippen LogP contribution < -0.4 is 0 Å². The maximum absolute atomic E-state index is 6.65. The Morgan fingerprint density at radius 2 is 0.964 bits per heavy atom. The highest BCUT2D eigenvalue weighted by atomic mass is 16.3. The molecule has 0 saturated carbocycles. The maximum atomic E-state index is 6.65. The number of hydrogen-bond donors (Lipinski definition) is 0. The topological polar surface area (TPSA) is 56.7 Å². The fourth-order valence-electron chi connectivity index (χ4n) is 8.60. The number of nitrogens with zero attached hydrogens (tertiary/aromatic N) is 4. The molecule has 0 atom stereocenters. The predicted molar refractivity (Wildman–Crippen MR) is 230 cm³/mol. The van der Waals surface area contributed by atoms with Crippen LogP contribution in [0.4, 0.5) is 0 Å². The average Bonchev–Trinajstić information content (AvgIpc) is 3.81. The number of aromatic nitrogens is 4. The molecular weight excluding hydrogens is 685 g/mol. The minimum atomic E-state index is 0.596. The quantitative estimate of drug-likeness (QED) is 0.182. The molecule has 0 unspecified atom stereocenters. The van der Waals surface area contributed by atoms with Gasteiger partial charge >= 0.3 is 0 Å². The lowest BCUT2D eigenvalue weighted by Gasteiger charge is -2.14. The van der Waals surface area contributed by atoms with E-state index in [0.717, 1.165) is 55.1 Å². The zero-order chi connectivity index (χ0) is 36.7. The van der Waals surface area contributed by atoms with Crippen LogP contribution in [0, 0.1) is 0 Å². The van der Waals surface area contributed by atoms with Crippen LogP contribution in [0.1, 0.15) is 0 Å². The largest absolute Gasteiger partial charge is 0.456 e. The van der Waals surface area contributed by atoms with Crippen LogP contribution in [0.15, 0.2) is 186 Å². The summed E-state index contributed by atoms with van der Waals surface area (Å²) in [5.74, 6) is 1.85. The summed E-state index contributed by atoms with van der Waals surface area (Å²) in [6.45, 7) is 0. The number of hydrogen-bond acceptors (Lipinski definition) is 4. The molecule has 5 nitrogen and oxygen atoms in total. The van der Waals surface area contributed by atoms with E-state index in [1.54, 1.807) is 0 Å². The van der Waals surface area contributed by atoms with Crippen LogP contribution in [0.3, 0.4) is 0 Å². The highest BCUT2D eigenvalue weighted by Crippen LogP contribution is 2.42. The van der Waals surface area contributed by atoms with Crippen LogP contribution in [0.25, 0.3) is 116 Å². The molecule has 12 rings (SSSR count). The van der Waals surface area contributed by atoms with Crippen molar-refractivity contribution in [3.05, 3.63) is 182 Å². The Labute approximate surface area is 320 Å². The van der Waals surface area contributed by atoms with Crippen molar-refractivity contribution in [3.8, 4) is 39.9 Å². The Balaban J connectivity index is 1.08. The number of furan rings is 1. The SMILES string of the molecule is c1ccc(-c2nc(-c3ccccc3)nc(-c3ccc4c(c3)oc3ccc5c(-n6c7cc8ccccc8cc7c7ccc8ccccc8c76)cccc5c34)n2)cc1. The Morgan fingerprint density at radius 1 is 0.357 bits per heavy atom. The average molecular weight is 715 g/mol. The zero-order valence-electron chi connectivity index (χ0n) is 30.0. The standard InChI is InChI=1S/C51H30N4O/c1-3-13-32(14-4-1)49-52-50(33-15-5-2-6-16-33)54-51(53-49)36-23-25-41-46(30-36)56-45-27-26-38-39(47(41)45)20-11-21-43(38)55-44-29-35-18-8-7-17-34(35)28-42(44)40-24-22-31-12-9-10-19-37(31)48(40)55/h1-30H. The van der Waals surface area contributed by atoms with Crippen molar-refractivity contribution in [2.24, 2.45) is 0 Å². The van der Waals surface area contributed by atoms with Crippen molar-refractivity contribution in [2.45, 2.75) is 0 Å². The van der Waals surface area contributed by atoms with Gasteiger partial charge in [-0.2, -0.15) is 0 Å². The monoisotopic (exact) mass is 714 g/mol. The molecule has 0 aliphatic rings. The van der Waals surface area contributed by atoms with Crippen molar-refractivity contribution in [1.29, 1.82) is 0 Å². The third kappa shape index (κ3) is 4.64. The van der Waals surface area contributed by atoms with Gasteiger partial charge in [-0.05, 0) is 64.0 Å². The summed E-state index contributed by atoms with van der Waals surface area (Å²) >= 11 is 0. The van der Waals surface area contributed by atoms with Gasteiger partial charge in [-0.25, -0.2) is 15.0 Å². The van der Waals surface area contributed by atoms with Gasteiger partial charge in [0.2, 0.25) is 0 Å². The molecule has 0 fully saturated rings. The van der Waals surface area contributed by atoms with E-state index in [4.69, 9.17) is 19.4 Å². The molecule has 0 aliphatic heterocycles. The molecule has 0 radical (unpaired) electrons. The summed E-state index contributed by atoms with van der Waals surface area (Å²) < 4.78 is 9.13. The summed E-state index contributed by atoms with van der Waals surface area (Å²) in [5.41, 5.74) is 7.89. The van der Waals surface area contributed by atoms with Gasteiger partial charge in [0.05, 0.1) is 16.7 Å². The fourth-order valence-corrected chi connectivity index (χ4v) is 8.60. The summed E-state index contributed by atoms with van der Waals surface area (Å²) in [6.07, 6.45) is 0. The fraction of sp³-hybridized carbons (Fsp3) is 0. The Bertz CT molecular complexity index is 3470. The second kappa shape index (κ2) is 11.9. The molecule has 0 saturated heterocycles. The second-order valence-corrected chi connectivity index (χ2v) is 14.4. The highest BCUT2D eigenvalue weighted by Gasteiger charge is 2.20. The summed E-state index contributed by atoms with van der Waals surface area (Å²) in [4.78, 5) is 14.8. The van der Waals surface area contributed by atoms with E-state index in [0.29, 0.717) is 17.5 Å². The van der Waals surface area contributed by atoms with Crippen LogP contribution >= 0.6 is 0 Å². The molecule has 0 N–H and O–H groups in total. The molecule has 260 valence electrons. The summed E-state index contributed by atoms with van der Waals surface area (Å²) in [7, 11) is 0. The van der Waals surface area contributed by atoms with Crippen molar-refractivity contribution in [2.75, 3.05) is 0 Å². The van der Waals surface area contributed by atoms with Crippen LogP contribution in [-0.2, 0) is 0 Å². The van der Waals surface area contributed by atoms with Gasteiger partial charge in [0, 0.05) is 49.0 Å². The molecule has 9 aromatic carbocycles. The molecule has 5 heteroatoms. The lowest BCUT2D eigenvalue weighted by atomic mass is 10.0. The molecule has 0 amide bonds. The van der Waals surface area contributed by atoms with Gasteiger partial charge in [0.25, 0.3) is 0 Å². The Hall–Kier alpha value is -7.63. The molecular formula is C51H30N4O. The van der Waals surface area contributed by atoms with Crippen molar-refractivity contribution in [1.82, 2.24) is 19.5 Å². The van der Waals surface area contributed by atoms with Crippen molar-refractivity contribution in [3.63, 3.8) is 0 Å². The number of fused-ring (bicyclic) bond motifs is 11. The van der Waals surface area contributed by atoms with E-state index in [9.17, 15) is 0 Å². The van der Waals surface area contributed by atoms with Crippen LogP contribution in [0.5, 0.6) is 0 Å². The minimum absolute atomic E-state index is 0.596. The van der Waals surface area contributed by atoms with E-state index < -0.39 is 0 Å². The van der Waals surface area contributed by atoms with Gasteiger partial charge in [0.15, 0.2) is 17.5 Å². The van der Waals surface area contributed by atoms with E-state index in [1.807, 2.05) is 60.7 Å². The second-order valence-electron chi connectivity index (χ2n) is 14.4. The van der Waals surface area contributed by atoms with E-state index in [2.05, 4.69) is 126 Å². The van der Waals surface area contributed by atoms with E-state index in [1.165, 1.54) is 43.4 Å². The first-order chi connectivity index (χ1) is 27.7. The smallest absolute Gasteiger partial charge is 0.164 e. The highest BCUT2D eigenvalue weighted by molar-refractivity contribution is 6.24. The van der Waals surface area contributed by atoms with E-state index in [-0.39, 0.29) is 0 Å². The third-order valence-corrected chi connectivity index (χ3v) is 11.2. The number of rotatable bonds is 4. The molecule has 0 spiro atoms. The molecule has 3 aromatic heterocycles. The summed E-state index contributed by atoms with van der Waals surface area (Å²) in [5, 5.41) is 11.8. The Kier molecular flexibility index (Phi) is 6.56. The number of benzene rings is 9. The van der Waals surface area contributed by atoms with Gasteiger partial charge in [-0.15, -0.1) is 0 Å². The normalized spacial score (nSPS) is 11.9. The van der Waals surface area contributed by atoms with Gasteiger partial charge < -0.3 is 8.98 Å². The molecule has 3 heterocycles. The molecule has 12 aromatic rings. The van der Waals surface area contributed by atoms with E-state index >= 15 is 0 Å². The van der Waals surface area contributed by atoms with Crippen molar-refractivity contribution >= 4 is 76.1 Å². The molecule has 56 heavy (non-hydrogen) atoms. The first-order valence-corrected chi connectivity index (χ1v) is 18.9. The molecule has 0 aliphatic carbocycles. The van der Waals surface area contributed by atoms with Crippen molar-refractivity contribution < 1.29 is 4.42 Å². The van der Waals surface area contributed by atoms with Gasteiger partial charge in [0.1, 0.15) is 11.2 Å². The zero-order valence-corrected chi connectivity index (χ0v) is 30.0. The Morgan fingerprint density at radius 3 is 1.71 bits per heavy atom. The maximum Gasteiger partial charge on any atom is 0.164 e. The first-order valence-electron chi connectivity index (χ1n) is 18.9. The lowest BCUT2D eigenvalue weighted by Crippen LogP contribution is -2.00. The predicted octanol–water partition coefficient (Wildman–Crippen LogP) is 13.3. The van der Waals surface area contributed by atoms with Crippen LogP contribution in [0.2, 0.25) is 0 Å². The van der Waals surface area contributed by atoms with Gasteiger partial charge in [-0.3, -0.25) is 0 Å². The molecule has 0 bridgehead atoms.